The number of hydrogen-bond acceptors (Lipinski definition) is 5. The Balaban J connectivity index is 1.21. The van der Waals surface area contributed by atoms with Gasteiger partial charge in [-0.25, -0.2) is 0 Å². The van der Waals surface area contributed by atoms with Crippen LogP contribution in [0.2, 0.25) is 0 Å². The lowest BCUT2D eigenvalue weighted by molar-refractivity contribution is -0.116. The van der Waals surface area contributed by atoms with Gasteiger partial charge in [0.2, 0.25) is 5.91 Å². The SMILES string of the molecule is O=C(CCC1CCN(C(=O)c2ccco2)CC1)Nc1ccc2c(c1)OCCO2. The average molecular weight is 384 g/mol. The van der Waals surface area contributed by atoms with Crippen LogP contribution in [0, 0.1) is 5.92 Å². The Morgan fingerprint density at radius 1 is 1.07 bits per heavy atom. The first-order valence-corrected chi connectivity index (χ1v) is 9.71. The number of nitrogens with one attached hydrogen (secondary N) is 1. The number of piperidine rings is 1. The van der Waals surface area contributed by atoms with Crippen molar-refractivity contribution in [1.82, 2.24) is 4.90 Å². The van der Waals surface area contributed by atoms with Gasteiger partial charge in [-0.05, 0) is 49.4 Å². The van der Waals surface area contributed by atoms with Crippen LogP contribution in [0.4, 0.5) is 5.69 Å². The molecule has 3 heterocycles. The lowest BCUT2D eigenvalue weighted by atomic mass is 9.92. The highest BCUT2D eigenvalue weighted by atomic mass is 16.6. The largest absolute Gasteiger partial charge is 0.486 e. The van der Waals surface area contributed by atoms with Crippen molar-refractivity contribution in [3.8, 4) is 11.5 Å². The van der Waals surface area contributed by atoms with E-state index in [1.165, 1.54) is 6.26 Å². The Hall–Kier alpha value is -2.96. The second-order valence-electron chi connectivity index (χ2n) is 7.16. The summed E-state index contributed by atoms with van der Waals surface area (Å²) in [6, 6.07) is 8.85. The minimum Gasteiger partial charge on any atom is -0.486 e. The van der Waals surface area contributed by atoms with Gasteiger partial charge < -0.3 is 24.1 Å². The molecule has 1 saturated heterocycles. The normalized spacial score (nSPS) is 16.6. The second kappa shape index (κ2) is 8.37. The fourth-order valence-corrected chi connectivity index (χ4v) is 3.66. The molecule has 0 atom stereocenters. The van der Waals surface area contributed by atoms with Gasteiger partial charge in [0.15, 0.2) is 17.3 Å². The summed E-state index contributed by atoms with van der Waals surface area (Å²) in [5.41, 5.74) is 0.716. The number of amides is 2. The first-order chi connectivity index (χ1) is 13.7. The summed E-state index contributed by atoms with van der Waals surface area (Å²) in [4.78, 5) is 26.4. The molecular weight excluding hydrogens is 360 g/mol. The van der Waals surface area contributed by atoms with Crippen molar-refractivity contribution < 1.29 is 23.5 Å². The Labute approximate surface area is 163 Å². The van der Waals surface area contributed by atoms with Crippen LogP contribution in [-0.2, 0) is 4.79 Å². The average Bonchev–Trinajstić information content (AvgIpc) is 3.27. The minimum atomic E-state index is -0.0557. The molecule has 28 heavy (non-hydrogen) atoms. The van der Waals surface area contributed by atoms with Gasteiger partial charge >= 0.3 is 0 Å². The minimum absolute atomic E-state index is 0.00855. The van der Waals surface area contributed by atoms with Crippen molar-refractivity contribution in [2.45, 2.75) is 25.7 Å². The van der Waals surface area contributed by atoms with Gasteiger partial charge in [-0.15, -0.1) is 0 Å². The number of nitrogens with zero attached hydrogens (tertiary/aromatic N) is 1. The van der Waals surface area contributed by atoms with Crippen LogP contribution in [-0.4, -0.2) is 43.0 Å². The van der Waals surface area contributed by atoms with Gasteiger partial charge in [0.25, 0.3) is 5.91 Å². The molecule has 1 aromatic heterocycles. The van der Waals surface area contributed by atoms with E-state index in [2.05, 4.69) is 5.32 Å². The van der Waals surface area contributed by atoms with E-state index in [4.69, 9.17) is 13.9 Å². The Morgan fingerprint density at radius 3 is 2.61 bits per heavy atom. The maximum absolute atomic E-state index is 12.3. The molecule has 7 heteroatoms. The smallest absolute Gasteiger partial charge is 0.289 e. The monoisotopic (exact) mass is 384 g/mol. The molecule has 1 fully saturated rings. The van der Waals surface area contributed by atoms with E-state index in [0.29, 0.717) is 61.6 Å². The zero-order chi connectivity index (χ0) is 19.3. The Morgan fingerprint density at radius 2 is 1.86 bits per heavy atom. The summed E-state index contributed by atoms with van der Waals surface area (Å²) in [5, 5.41) is 2.93. The molecule has 1 aromatic carbocycles. The van der Waals surface area contributed by atoms with Crippen LogP contribution in [0.5, 0.6) is 11.5 Å². The van der Waals surface area contributed by atoms with Crippen molar-refractivity contribution in [2.24, 2.45) is 5.92 Å². The third kappa shape index (κ3) is 4.30. The number of ether oxygens (including phenoxy) is 2. The fraction of sp³-hybridized carbons (Fsp3) is 0.429. The summed E-state index contributed by atoms with van der Waals surface area (Å²) in [6.45, 7) is 2.47. The lowest BCUT2D eigenvalue weighted by Gasteiger charge is -2.31. The van der Waals surface area contributed by atoms with Crippen LogP contribution in [0.1, 0.15) is 36.2 Å². The quantitative estimate of drug-likeness (QED) is 0.855. The predicted molar refractivity (Wildman–Crippen MR) is 103 cm³/mol. The van der Waals surface area contributed by atoms with Gasteiger partial charge in [-0.1, -0.05) is 0 Å². The zero-order valence-electron chi connectivity index (χ0n) is 15.7. The van der Waals surface area contributed by atoms with Crippen molar-refractivity contribution >= 4 is 17.5 Å². The van der Waals surface area contributed by atoms with Crippen LogP contribution in [0.25, 0.3) is 0 Å². The number of hydrogen-bond donors (Lipinski definition) is 1. The molecule has 0 aliphatic carbocycles. The predicted octanol–water partition coefficient (Wildman–Crippen LogP) is 3.32. The van der Waals surface area contributed by atoms with Gasteiger partial charge in [-0.3, -0.25) is 9.59 Å². The van der Waals surface area contributed by atoms with Crippen molar-refractivity contribution in [3.05, 3.63) is 42.4 Å². The van der Waals surface area contributed by atoms with E-state index in [-0.39, 0.29) is 11.8 Å². The van der Waals surface area contributed by atoms with Crippen LogP contribution < -0.4 is 14.8 Å². The highest BCUT2D eigenvalue weighted by molar-refractivity contribution is 5.92. The van der Waals surface area contributed by atoms with Gasteiger partial charge in [-0.2, -0.15) is 0 Å². The van der Waals surface area contributed by atoms with Crippen LogP contribution in [0.3, 0.4) is 0 Å². The third-order valence-corrected chi connectivity index (χ3v) is 5.24. The number of anilines is 1. The molecule has 2 aliphatic heterocycles. The number of benzene rings is 1. The fourth-order valence-electron chi connectivity index (χ4n) is 3.66. The molecule has 0 spiro atoms. The van der Waals surface area contributed by atoms with Crippen molar-refractivity contribution in [3.63, 3.8) is 0 Å². The number of carbonyl (C=O) groups is 2. The molecule has 148 valence electrons. The van der Waals surface area contributed by atoms with Gasteiger partial charge in [0.1, 0.15) is 13.2 Å². The van der Waals surface area contributed by atoms with Gasteiger partial charge in [0, 0.05) is 31.3 Å². The van der Waals surface area contributed by atoms with Crippen LogP contribution >= 0.6 is 0 Å². The molecule has 2 amide bonds. The summed E-state index contributed by atoms with van der Waals surface area (Å²) >= 11 is 0. The molecule has 4 rings (SSSR count). The van der Waals surface area contributed by atoms with E-state index in [9.17, 15) is 9.59 Å². The number of carbonyl (C=O) groups excluding carboxylic acids is 2. The van der Waals surface area contributed by atoms with E-state index >= 15 is 0 Å². The van der Waals surface area contributed by atoms with Crippen molar-refractivity contribution in [2.75, 3.05) is 31.6 Å². The molecule has 0 saturated carbocycles. The second-order valence-corrected chi connectivity index (χ2v) is 7.16. The highest BCUT2D eigenvalue weighted by Crippen LogP contribution is 2.32. The van der Waals surface area contributed by atoms with E-state index < -0.39 is 0 Å². The first-order valence-electron chi connectivity index (χ1n) is 9.71. The van der Waals surface area contributed by atoms with E-state index in [1.807, 2.05) is 17.0 Å². The molecule has 2 aliphatic rings. The topological polar surface area (TPSA) is 81.0 Å². The molecule has 0 unspecified atom stereocenters. The third-order valence-electron chi connectivity index (χ3n) is 5.24. The van der Waals surface area contributed by atoms with Crippen LogP contribution in [0.15, 0.2) is 41.0 Å². The summed E-state index contributed by atoms with van der Waals surface area (Å²) in [6.07, 6.45) is 4.61. The summed E-state index contributed by atoms with van der Waals surface area (Å²) < 4.78 is 16.2. The number of furan rings is 1. The summed E-state index contributed by atoms with van der Waals surface area (Å²) in [5.74, 6) is 2.15. The van der Waals surface area contributed by atoms with E-state index in [0.717, 1.165) is 19.3 Å². The lowest BCUT2D eigenvalue weighted by Crippen LogP contribution is -2.38. The van der Waals surface area contributed by atoms with Gasteiger partial charge in [0.05, 0.1) is 6.26 Å². The van der Waals surface area contributed by atoms with Crippen molar-refractivity contribution in [1.29, 1.82) is 0 Å². The standard InChI is InChI=1S/C21H24N2O5/c24-20(22-16-4-5-17-19(14-16)28-13-12-27-17)6-3-15-7-9-23(10-8-15)21(25)18-2-1-11-26-18/h1-2,4-5,11,14-15H,3,6-10,12-13H2,(H,22,24). The molecule has 2 aromatic rings. The molecular formula is C21H24N2O5. The number of likely N-dealkylation sites (tertiary alicyclic amines) is 1. The maximum atomic E-state index is 12.3. The first kappa shape index (κ1) is 18.4. The maximum Gasteiger partial charge on any atom is 0.289 e. The molecule has 0 bridgehead atoms. The molecule has 0 radical (unpaired) electrons. The number of fused-ring (bicyclic) bond motifs is 1. The molecule has 1 N–H and O–H groups in total. The zero-order valence-corrected chi connectivity index (χ0v) is 15.7. The van der Waals surface area contributed by atoms with E-state index in [1.54, 1.807) is 18.2 Å². The summed E-state index contributed by atoms with van der Waals surface area (Å²) in [7, 11) is 0. The Bertz CT molecular complexity index is 825. The number of rotatable bonds is 5. The molecule has 7 nitrogen and oxygen atoms in total. The Kier molecular flexibility index (Phi) is 5.50. The highest BCUT2D eigenvalue weighted by Gasteiger charge is 2.25.